The highest BCUT2D eigenvalue weighted by Gasteiger charge is 2.24. The fourth-order valence-corrected chi connectivity index (χ4v) is 2.93. The van der Waals surface area contributed by atoms with Crippen LogP contribution in [0.15, 0.2) is 24.3 Å². The molecule has 2 aliphatic rings. The summed E-state index contributed by atoms with van der Waals surface area (Å²) < 4.78 is 5.43. The molecule has 1 N–H and O–H groups in total. The number of carbonyl (C=O) groups excluding carboxylic acids is 1. The number of hydrogen-bond acceptors (Lipinski definition) is 3. The van der Waals surface area contributed by atoms with Crippen molar-refractivity contribution in [1.82, 2.24) is 4.90 Å². The number of anilines is 1. The number of amides is 1. The number of nitrogens with one attached hydrogen (secondary N) is 1. The molecule has 22 heavy (non-hydrogen) atoms. The summed E-state index contributed by atoms with van der Waals surface area (Å²) in [5, 5.41) is 3.39. The quantitative estimate of drug-likeness (QED) is 0.860. The Bertz CT molecular complexity index is 614. The minimum atomic E-state index is -0.436. The van der Waals surface area contributed by atoms with Gasteiger partial charge in [0.2, 0.25) is 0 Å². The number of benzene rings is 1. The third kappa shape index (κ3) is 3.26. The van der Waals surface area contributed by atoms with Crippen LogP contribution in [0.25, 0.3) is 5.57 Å². The maximum atomic E-state index is 12.1. The summed E-state index contributed by atoms with van der Waals surface area (Å²) in [6.07, 6.45) is 3.91. The second kappa shape index (κ2) is 5.67. The van der Waals surface area contributed by atoms with E-state index < -0.39 is 5.60 Å². The number of fused-ring (bicyclic) bond motifs is 1. The number of ether oxygens (including phenoxy) is 1. The molecule has 3 rings (SSSR count). The molecule has 0 saturated carbocycles. The Morgan fingerprint density at radius 2 is 2.09 bits per heavy atom. The first-order valence-corrected chi connectivity index (χ1v) is 7.96. The van der Waals surface area contributed by atoms with Crippen molar-refractivity contribution in [2.45, 2.75) is 39.2 Å². The van der Waals surface area contributed by atoms with E-state index in [9.17, 15) is 4.79 Å². The molecule has 0 unspecified atom stereocenters. The van der Waals surface area contributed by atoms with Crippen LogP contribution in [-0.4, -0.2) is 36.2 Å². The van der Waals surface area contributed by atoms with E-state index in [1.165, 1.54) is 22.4 Å². The summed E-state index contributed by atoms with van der Waals surface area (Å²) in [7, 11) is 0. The van der Waals surface area contributed by atoms with Crippen LogP contribution in [0.2, 0.25) is 0 Å². The molecule has 0 radical (unpaired) electrons. The van der Waals surface area contributed by atoms with Crippen LogP contribution in [-0.2, 0) is 11.2 Å². The van der Waals surface area contributed by atoms with E-state index in [0.29, 0.717) is 6.54 Å². The fourth-order valence-electron chi connectivity index (χ4n) is 2.93. The Labute approximate surface area is 132 Å². The van der Waals surface area contributed by atoms with Crippen LogP contribution in [0.3, 0.4) is 0 Å². The lowest BCUT2D eigenvalue weighted by Gasteiger charge is -2.29. The largest absolute Gasteiger partial charge is 0.444 e. The normalized spacial score (nSPS) is 17.6. The van der Waals surface area contributed by atoms with Crippen molar-refractivity contribution in [2.75, 3.05) is 25.0 Å². The van der Waals surface area contributed by atoms with E-state index in [-0.39, 0.29) is 6.09 Å². The molecule has 1 aromatic carbocycles. The molecular formula is C18H24N2O2. The Morgan fingerprint density at radius 1 is 1.27 bits per heavy atom. The van der Waals surface area contributed by atoms with Gasteiger partial charge in [-0.05, 0) is 62.4 Å². The van der Waals surface area contributed by atoms with Crippen LogP contribution in [0.5, 0.6) is 0 Å². The third-order valence-electron chi connectivity index (χ3n) is 4.05. The van der Waals surface area contributed by atoms with Gasteiger partial charge in [0.25, 0.3) is 0 Å². The summed E-state index contributed by atoms with van der Waals surface area (Å²) in [5.74, 6) is 0. The zero-order valence-corrected chi connectivity index (χ0v) is 13.6. The average molecular weight is 300 g/mol. The van der Waals surface area contributed by atoms with Gasteiger partial charge in [-0.2, -0.15) is 0 Å². The van der Waals surface area contributed by atoms with Gasteiger partial charge in [-0.3, -0.25) is 0 Å². The molecule has 0 bridgehead atoms. The molecule has 1 amide bonds. The van der Waals surface area contributed by atoms with Gasteiger partial charge in [-0.1, -0.05) is 12.1 Å². The van der Waals surface area contributed by atoms with Crippen molar-refractivity contribution in [3.8, 4) is 0 Å². The minimum absolute atomic E-state index is 0.221. The topological polar surface area (TPSA) is 41.6 Å². The van der Waals surface area contributed by atoms with Crippen molar-refractivity contribution in [3.05, 3.63) is 35.4 Å². The van der Waals surface area contributed by atoms with Crippen molar-refractivity contribution >= 4 is 17.4 Å². The number of carbonyl (C=O) groups is 1. The maximum absolute atomic E-state index is 12.1. The molecule has 4 nitrogen and oxygen atoms in total. The van der Waals surface area contributed by atoms with Crippen LogP contribution >= 0.6 is 0 Å². The van der Waals surface area contributed by atoms with E-state index in [1.54, 1.807) is 4.90 Å². The van der Waals surface area contributed by atoms with Crippen molar-refractivity contribution in [3.63, 3.8) is 0 Å². The summed E-state index contributed by atoms with van der Waals surface area (Å²) in [6, 6.07) is 6.62. The predicted molar refractivity (Wildman–Crippen MR) is 89.0 cm³/mol. The van der Waals surface area contributed by atoms with Gasteiger partial charge in [0.15, 0.2) is 0 Å². The molecule has 0 fully saturated rings. The van der Waals surface area contributed by atoms with Crippen molar-refractivity contribution in [2.24, 2.45) is 0 Å². The number of nitrogens with zero attached hydrogens (tertiary/aromatic N) is 1. The highest BCUT2D eigenvalue weighted by atomic mass is 16.6. The fraction of sp³-hybridized carbons (Fsp3) is 0.500. The molecule has 0 atom stereocenters. The second-order valence-electron chi connectivity index (χ2n) is 6.95. The van der Waals surface area contributed by atoms with E-state index >= 15 is 0 Å². The standard InChI is InChI=1S/C18H24N2O2/c1-18(2,3)22-17(21)20-10-7-13(8-11-20)14-4-5-16-15(12-14)6-9-19-16/h4-5,7,12,19H,6,8-11H2,1-3H3. The summed E-state index contributed by atoms with van der Waals surface area (Å²) >= 11 is 0. The van der Waals surface area contributed by atoms with Gasteiger partial charge in [0.05, 0.1) is 0 Å². The molecule has 4 heteroatoms. The van der Waals surface area contributed by atoms with Crippen LogP contribution in [0.4, 0.5) is 10.5 Å². The molecule has 0 saturated heterocycles. The smallest absolute Gasteiger partial charge is 0.410 e. The van der Waals surface area contributed by atoms with Gasteiger partial charge >= 0.3 is 6.09 Å². The van der Waals surface area contributed by atoms with E-state index in [0.717, 1.165) is 25.9 Å². The van der Waals surface area contributed by atoms with Crippen LogP contribution < -0.4 is 5.32 Å². The first kappa shape index (κ1) is 14.9. The molecular weight excluding hydrogens is 276 g/mol. The Kier molecular flexibility index (Phi) is 3.85. The summed E-state index contributed by atoms with van der Waals surface area (Å²) in [6.45, 7) is 8.07. The lowest BCUT2D eigenvalue weighted by atomic mass is 9.97. The van der Waals surface area contributed by atoms with E-state index in [1.807, 2.05) is 20.8 Å². The zero-order chi connectivity index (χ0) is 15.7. The zero-order valence-electron chi connectivity index (χ0n) is 13.6. The Balaban J connectivity index is 1.67. The van der Waals surface area contributed by atoms with Crippen LogP contribution in [0.1, 0.15) is 38.3 Å². The number of hydrogen-bond donors (Lipinski definition) is 1. The highest BCUT2D eigenvalue weighted by Crippen LogP contribution is 2.29. The Morgan fingerprint density at radius 3 is 2.77 bits per heavy atom. The highest BCUT2D eigenvalue weighted by molar-refractivity contribution is 5.74. The molecule has 1 aromatic rings. The second-order valence-corrected chi connectivity index (χ2v) is 6.95. The molecule has 2 heterocycles. The van der Waals surface area contributed by atoms with Gasteiger partial charge < -0.3 is 15.0 Å². The molecule has 0 aromatic heterocycles. The van der Waals surface area contributed by atoms with E-state index in [2.05, 4.69) is 29.6 Å². The van der Waals surface area contributed by atoms with Gasteiger partial charge in [0, 0.05) is 25.3 Å². The number of rotatable bonds is 1. The lowest BCUT2D eigenvalue weighted by molar-refractivity contribution is 0.0270. The minimum Gasteiger partial charge on any atom is -0.444 e. The van der Waals surface area contributed by atoms with Crippen molar-refractivity contribution < 1.29 is 9.53 Å². The molecule has 2 aliphatic heterocycles. The van der Waals surface area contributed by atoms with Crippen molar-refractivity contribution in [1.29, 1.82) is 0 Å². The molecule has 118 valence electrons. The monoisotopic (exact) mass is 300 g/mol. The Hall–Kier alpha value is -1.97. The summed E-state index contributed by atoms with van der Waals surface area (Å²) in [4.78, 5) is 13.8. The lowest BCUT2D eigenvalue weighted by Crippen LogP contribution is -2.39. The third-order valence-corrected chi connectivity index (χ3v) is 4.05. The van der Waals surface area contributed by atoms with Gasteiger partial charge in [-0.25, -0.2) is 4.79 Å². The maximum Gasteiger partial charge on any atom is 0.410 e. The van der Waals surface area contributed by atoms with E-state index in [4.69, 9.17) is 4.74 Å². The first-order valence-electron chi connectivity index (χ1n) is 7.96. The molecule has 0 spiro atoms. The first-order chi connectivity index (χ1) is 10.4. The van der Waals surface area contributed by atoms with Gasteiger partial charge in [-0.15, -0.1) is 0 Å². The van der Waals surface area contributed by atoms with Crippen LogP contribution in [0, 0.1) is 0 Å². The molecule has 0 aliphatic carbocycles. The average Bonchev–Trinajstić information content (AvgIpc) is 2.93. The van der Waals surface area contributed by atoms with Gasteiger partial charge in [0.1, 0.15) is 5.60 Å². The predicted octanol–water partition coefficient (Wildman–Crippen LogP) is 3.68. The SMILES string of the molecule is CC(C)(C)OC(=O)N1CC=C(c2ccc3c(c2)CCN3)CC1. The summed E-state index contributed by atoms with van der Waals surface area (Å²) in [5.41, 5.74) is 4.83.